The summed E-state index contributed by atoms with van der Waals surface area (Å²) >= 11 is 0. The number of ether oxygens (including phenoxy) is 1. The van der Waals surface area contributed by atoms with Crippen LogP contribution in [0.2, 0.25) is 0 Å². The summed E-state index contributed by atoms with van der Waals surface area (Å²) in [4.78, 5) is 22.1. The van der Waals surface area contributed by atoms with E-state index in [9.17, 15) is 9.59 Å². The van der Waals surface area contributed by atoms with Crippen molar-refractivity contribution in [1.29, 1.82) is 0 Å². The Bertz CT molecular complexity index is 622. The molecular formula is C13H12N2O4. The second-order valence-electron chi connectivity index (χ2n) is 3.82. The molecule has 0 bridgehead atoms. The molecule has 2 N–H and O–H groups in total. The molecule has 2 rings (SSSR count). The largest absolute Gasteiger partial charge is 0.464 e. The number of hydrogen-bond acceptors (Lipinski definition) is 3. The lowest BCUT2D eigenvalue weighted by Gasteiger charge is -2.16. The summed E-state index contributed by atoms with van der Waals surface area (Å²) in [6, 6.07) is 12.7. The average molecular weight is 260 g/mol. The molecule has 0 saturated carbocycles. The van der Waals surface area contributed by atoms with Crippen molar-refractivity contribution in [2.75, 3.05) is 7.05 Å². The second kappa shape index (κ2) is 5.26. The third kappa shape index (κ3) is 2.92. The van der Waals surface area contributed by atoms with Crippen LogP contribution >= 0.6 is 0 Å². The number of carbonyl (C=O) groups is 2. The second-order valence-corrected chi connectivity index (χ2v) is 3.82. The number of amides is 2. The number of fused-ring (bicyclic) bond motifs is 1. The molecule has 2 aromatic carbocycles. The molecule has 0 aliphatic heterocycles. The van der Waals surface area contributed by atoms with Crippen molar-refractivity contribution in [1.82, 2.24) is 10.4 Å². The smallest absolute Gasteiger partial charge is 0.433 e. The first-order chi connectivity index (χ1) is 9.08. The summed E-state index contributed by atoms with van der Waals surface area (Å²) in [6.07, 6.45) is -2.14. The number of carbonyl (C=O) groups excluding carboxylic acids is 1. The van der Waals surface area contributed by atoms with Gasteiger partial charge < -0.3 is 9.84 Å². The van der Waals surface area contributed by atoms with E-state index >= 15 is 0 Å². The van der Waals surface area contributed by atoms with Crippen LogP contribution in [0.15, 0.2) is 42.5 Å². The predicted molar refractivity (Wildman–Crippen MR) is 68.9 cm³/mol. The van der Waals surface area contributed by atoms with Gasteiger partial charge in [-0.25, -0.2) is 20.0 Å². The third-order valence-electron chi connectivity index (χ3n) is 2.48. The fourth-order valence-corrected chi connectivity index (χ4v) is 1.64. The highest BCUT2D eigenvalue weighted by molar-refractivity contribution is 5.90. The van der Waals surface area contributed by atoms with E-state index in [1.807, 2.05) is 35.8 Å². The van der Waals surface area contributed by atoms with Gasteiger partial charge >= 0.3 is 12.2 Å². The molecule has 0 heterocycles. The number of hydrazine groups is 1. The maximum Gasteiger partial charge on any atom is 0.433 e. The van der Waals surface area contributed by atoms with Crippen molar-refractivity contribution >= 4 is 23.0 Å². The van der Waals surface area contributed by atoms with E-state index in [-0.39, 0.29) is 0 Å². The van der Waals surface area contributed by atoms with Crippen molar-refractivity contribution in [2.45, 2.75) is 0 Å². The Morgan fingerprint density at radius 3 is 2.58 bits per heavy atom. The van der Waals surface area contributed by atoms with Crippen LogP contribution in [0.1, 0.15) is 0 Å². The molecule has 0 spiro atoms. The minimum absolute atomic E-state index is 0.377. The van der Waals surface area contributed by atoms with Crippen LogP contribution in [0.25, 0.3) is 10.8 Å². The average Bonchev–Trinajstić information content (AvgIpc) is 2.38. The number of nitrogens with zero attached hydrogens (tertiary/aromatic N) is 1. The molecule has 19 heavy (non-hydrogen) atoms. The van der Waals surface area contributed by atoms with Gasteiger partial charge in [0, 0.05) is 12.4 Å². The molecule has 0 radical (unpaired) electrons. The van der Waals surface area contributed by atoms with Crippen LogP contribution in [0, 0.1) is 0 Å². The van der Waals surface area contributed by atoms with Crippen LogP contribution in [0.3, 0.4) is 0 Å². The monoisotopic (exact) mass is 260 g/mol. The molecule has 0 atom stereocenters. The zero-order valence-electron chi connectivity index (χ0n) is 10.2. The van der Waals surface area contributed by atoms with Crippen LogP contribution in [0.4, 0.5) is 9.59 Å². The third-order valence-corrected chi connectivity index (χ3v) is 2.48. The summed E-state index contributed by atoms with van der Waals surface area (Å²) in [5, 5.41) is 11.0. The summed E-state index contributed by atoms with van der Waals surface area (Å²) < 4.78 is 5.15. The molecule has 0 saturated heterocycles. The molecule has 2 amide bonds. The summed E-state index contributed by atoms with van der Waals surface area (Å²) in [7, 11) is 1.27. The van der Waals surface area contributed by atoms with Gasteiger partial charge in [0.1, 0.15) is 5.75 Å². The minimum atomic E-state index is -1.34. The first-order valence-corrected chi connectivity index (χ1v) is 5.51. The van der Waals surface area contributed by atoms with Crippen LogP contribution in [0.5, 0.6) is 5.75 Å². The van der Waals surface area contributed by atoms with Gasteiger partial charge in [-0.2, -0.15) is 0 Å². The maximum absolute atomic E-state index is 11.7. The van der Waals surface area contributed by atoms with Gasteiger partial charge in [0.05, 0.1) is 0 Å². The lowest BCUT2D eigenvalue weighted by atomic mass is 10.1. The van der Waals surface area contributed by atoms with Crippen molar-refractivity contribution in [3.63, 3.8) is 0 Å². The number of nitrogens with one attached hydrogen (secondary N) is 1. The molecule has 0 aromatic heterocycles. The van der Waals surface area contributed by atoms with E-state index < -0.39 is 12.2 Å². The first-order valence-electron chi connectivity index (χ1n) is 5.51. The predicted octanol–water partition coefficient (Wildman–Crippen LogP) is 2.45. The fraction of sp³-hybridized carbons (Fsp3) is 0.0769. The van der Waals surface area contributed by atoms with Crippen molar-refractivity contribution in [3.8, 4) is 5.75 Å². The summed E-state index contributed by atoms with van der Waals surface area (Å²) in [5.41, 5.74) is 1.89. The van der Waals surface area contributed by atoms with Gasteiger partial charge in [0.2, 0.25) is 0 Å². The Hall–Kier alpha value is -2.76. The number of rotatable bonds is 1. The van der Waals surface area contributed by atoms with E-state index in [1.165, 1.54) is 7.05 Å². The van der Waals surface area contributed by atoms with Gasteiger partial charge in [-0.15, -0.1) is 0 Å². The molecular weight excluding hydrogens is 248 g/mol. The molecule has 6 nitrogen and oxygen atoms in total. The van der Waals surface area contributed by atoms with Gasteiger partial charge in [0.15, 0.2) is 0 Å². The van der Waals surface area contributed by atoms with Gasteiger partial charge in [-0.05, 0) is 11.5 Å². The highest BCUT2D eigenvalue weighted by Crippen LogP contribution is 2.25. The van der Waals surface area contributed by atoms with Crippen LogP contribution < -0.4 is 10.2 Å². The number of benzene rings is 2. The van der Waals surface area contributed by atoms with Gasteiger partial charge in [0.25, 0.3) is 0 Å². The topological polar surface area (TPSA) is 78.9 Å². The Labute approximate surface area is 109 Å². The molecule has 6 heteroatoms. The Morgan fingerprint density at radius 1 is 1.16 bits per heavy atom. The van der Waals surface area contributed by atoms with E-state index in [4.69, 9.17) is 9.84 Å². The Morgan fingerprint density at radius 2 is 1.84 bits per heavy atom. The highest BCUT2D eigenvalue weighted by atomic mass is 16.6. The van der Waals surface area contributed by atoms with Crippen LogP contribution in [-0.4, -0.2) is 29.3 Å². The van der Waals surface area contributed by atoms with Gasteiger partial charge in [-0.1, -0.05) is 36.4 Å². The highest BCUT2D eigenvalue weighted by Gasteiger charge is 2.14. The molecule has 98 valence electrons. The molecule has 0 aliphatic carbocycles. The van der Waals surface area contributed by atoms with E-state index in [1.54, 1.807) is 12.1 Å². The Balaban J connectivity index is 2.22. The molecule has 2 aromatic rings. The van der Waals surface area contributed by atoms with Crippen molar-refractivity contribution in [2.24, 2.45) is 0 Å². The first kappa shape index (κ1) is 12.7. The fourth-order valence-electron chi connectivity index (χ4n) is 1.64. The quantitative estimate of drug-likeness (QED) is 0.772. The summed E-state index contributed by atoms with van der Waals surface area (Å²) in [5.74, 6) is 0.377. The standard InChI is InChI=1S/C13H12N2O4/c1-15(14-12(16)17)13(18)19-11-8-4-6-9-5-2-3-7-10(9)11/h2-8,14H,1H3,(H,16,17). The van der Waals surface area contributed by atoms with E-state index in [0.717, 1.165) is 15.8 Å². The SMILES string of the molecule is CN(NC(=O)O)C(=O)Oc1cccc2ccccc12. The van der Waals surface area contributed by atoms with Crippen molar-refractivity contribution < 1.29 is 19.4 Å². The molecule has 0 aliphatic rings. The lowest BCUT2D eigenvalue weighted by molar-refractivity contribution is 0.128. The minimum Gasteiger partial charge on any atom is -0.464 e. The zero-order chi connectivity index (χ0) is 13.8. The number of carboxylic acid groups (broad SMARTS) is 1. The zero-order valence-corrected chi connectivity index (χ0v) is 10.2. The number of hydrogen-bond donors (Lipinski definition) is 2. The summed E-state index contributed by atoms with van der Waals surface area (Å²) in [6.45, 7) is 0. The van der Waals surface area contributed by atoms with Crippen molar-refractivity contribution in [3.05, 3.63) is 42.5 Å². The van der Waals surface area contributed by atoms with E-state index in [0.29, 0.717) is 5.75 Å². The normalized spacial score (nSPS) is 9.95. The molecule has 0 unspecified atom stereocenters. The molecule has 0 fully saturated rings. The van der Waals surface area contributed by atoms with Crippen LogP contribution in [-0.2, 0) is 0 Å². The Kier molecular flexibility index (Phi) is 3.51. The van der Waals surface area contributed by atoms with Gasteiger partial charge in [-0.3, -0.25) is 0 Å². The lowest BCUT2D eigenvalue weighted by Crippen LogP contribution is -2.44. The van der Waals surface area contributed by atoms with E-state index in [2.05, 4.69) is 0 Å². The maximum atomic E-state index is 11.7.